The summed E-state index contributed by atoms with van der Waals surface area (Å²) in [7, 11) is 0. The van der Waals surface area contributed by atoms with Crippen LogP contribution in [-0.2, 0) is 11.3 Å². The molecule has 3 aromatic heterocycles. The molecule has 0 atom stereocenters. The van der Waals surface area contributed by atoms with E-state index in [-0.39, 0.29) is 36.2 Å². The van der Waals surface area contributed by atoms with Gasteiger partial charge >= 0.3 is 5.69 Å². The highest BCUT2D eigenvalue weighted by Gasteiger charge is 2.09. The SMILES string of the molecule is O=C(CCNC(=O)c1ccco1)NCCCn1nc2ccccn2c1=O. The minimum absolute atomic E-state index is 0.167. The summed E-state index contributed by atoms with van der Waals surface area (Å²) in [6.07, 6.45) is 3.82. The number of nitrogens with one attached hydrogen (secondary N) is 2. The average molecular weight is 357 g/mol. The van der Waals surface area contributed by atoms with E-state index in [0.717, 1.165) is 0 Å². The minimum atomic E-state index is -0.353. The second-order valence-electron chi connectivity index (χ2n) is 5.62. The Bertz CT molecular complexity index is 942. The summed E-state index contributed by atoms with van der Waals surface area (Å²) in [5, 5.41) is 9.57. The van der Waals surface area contributed by atoms with Crippen LogP contribution in [0.1, 0.15) is 23.4 Å². The molecular formula is C17H19N5O4. The van der Waals surface area contributed by atoms with Gasteiger partial charge in [-0.1, -0.05) is 6.07 Å². The topological polar surface area (TPSA) is 111 Å². The molecule has 9 heteroatoms. The number of rotatable bonds is 8. The van der Waals surface area contributed by atoms with Crippen LogP contribution in [0.5, 0.6) is 0 Å². The molecule has 0 spiro atoms. The highest BCUT2D eigenvalue weighted by atomic mass is 16.3. The first kappa shape index (κ1) is 17.5. The summed E-state index contributed by atoms with van der Waals surface area (Å²) >= 11 is 0. The summed E-state index contributed by atoms with van der Waals surface area (Å²) in [5.74, 6) is -0.315. The van der Waals surface area contributed by atoms with Crippen LogP contribution in [0.4, 0.5) is 0 Å². The van der Waals surface area contributed by atoms with Crippen molar-refractivity contribution in [2.24, 2.45) is 0 Å². The molecule has 0 saturated carbocycles. The molecule has 0 radical (unpaired) electrons. The molecule has 0 saturated heterocycles. The number of amides is 2. The zero-order valence-corrected chi connectivity index (χ0v) is 14.1. The molecule has 3 heterocycles. The summed E-state index contributed by atoms with van der Waals surface area (Å²) in [5.41, 5.74) is 0.390. The Hall–Kier alpha value is -3.36. The van der Waals surface area contributed by atoms with E-state index in [9.17, 15) is 14.4 Å². The summed E-state index contributed by atoms with van der Waals surface area (Å²) in [6.45, 7) is 1.05. The van der Waals surface area contributed by atoms with E-state index in [1.54, 1.807) is 30.5 Å². The summed E-state index contributed by atoms with van der Waals surface area (Å²) < 4.78 is 7.81. The molecule has 3 rings (SSSR count). The lowest BCUT2D eigenvalue weighted by Crippen LogP contribution is -2.31. The van der Waals surface area contributed by atoms with E-state index < -0.39 is 0 Å². The monoisotopic (exact) mass is 357 g/mol. The van der Waals surface area contributed by atoms with E-state index in [0.29, 0.717) is 25.2 Å². The van der Waals surface area contributed by atoms with E-state index in [4.69, 9.17) is 4.42 Å². The summed E-state index contributed by atoms with van der Waals surface area (Å²) in [6, 6.07) is 8.52. The normalized spacial score (nSPS) is 10.8. The van der Waals surface area contributed by atoms with Gasteiger partial charge in [-0.25, -0.2) is 9.48 Å². The van der Waals surface area contributed by atoms with Crippen molar-refractivity contribution in [2.75, 3.05) is 13.1 Å². The number of nitrogens with zero attached hydrogens (tertiary/aromatic N) is 3. The fourth-order valence-corrected chi connectivity index (χ4v) is 2.44. The molecule has 9 nitrogen and oxygen atoms in total. The van der Waals surface area contributed by atoms with Crippen molar-refractivity contribution in [3.63, 3.8) is 0 Å². The molecule has 136 valence electrons. The number of aryl methyl sites for hydroxylation is 1. The van der Waals surface area contributed by atoms with Gasteiger partial charge in [0.05, 0.1) is 6.26 Å². The van der Waals surface area contributed by atoms with Gasteiger partial charge in [-0.05, 0) is 30.7 Å². The van der Waals surface area contributed by atoms with Gasteiger partial charge in [0.1, 0.15) is 0 Å². The maximum Gasteiger partial charge on any atom is 0.350 e. The van der Waals surface area contributed by atoms with Gasteiger partial charge in [-0.2, -0.15) is 0 Å². The van der Waals surface area contributed by atoms with Crippen molar-refractivity contribution in [2.45, 2.75) is 19.4 Å². The second-order valence-corrected chi connectivity index (χ2v) is 5.62. The van der Waals surface area contributed by atoms with E-state index in [1.165, 1.54) is 15.3 Å². The zero-order chi connectivity index (χ0) is 18.4. The number of pyridine rings is 1. The molecule has 0 aliphatic rings. The van der Waals surface area contributed by atoms with Gasteiger partial charge in [-0.15, -0.1) is 5.10 Å². The van der Waals surface area contributed by atoms with Crippen LogP contribution in [-0.4, -0.2) is 39.1 Å². The molecule has 26 heavy (non-hydrogen) atoms. The van der Waals surface area contributed by atoms with Crippen LogP contribution in [0.25, 0.3) is 5.65 Å². The number of hydrogen-bond donors (Lipinski definition) is 2. The van der Waals surface area contributed by atoms with Gasteiger partial charge in [0, 0.05) is 32.3 Å². The zero-order valence-electron chi connectivity index (χ0n) is 14.1. The van der Waals surface area contributed by atoms with Crippen LogP contribution in [0.3, 0.4) is 0 Å². The second kappa shape index (κ2) is 8.15. The van der Waals surface area contributed by atoms with E-state index in [2.05, 4.69) is 15.7 Å². The Morgan fingerprint density at radius 3 is 2.77 bits per heavy atom. The Morgan fingerprint density at radius 2 is 2.00 bits per heavy atom. The van der Waals surface area contributed by atoms with Crippen LogP contribution < -0.4 is 16.3 Å². The highest BCUT2D eigenvalue weighted by molar-refractivity contribution is 5.91. The lowest BCUT2D eigenvalue weighted by molar-refractivity contribution is -0.120. The quantitative estimate of drug-likeness (QED) is 0.568. The van der Waals surface area contributed by atoms with Crippen molar-refractivity contribution in [1.29, 1.82) is 0 Å². The largest absolute Gasteiger partial charge is 0.459 e. The van der Waals surface area contributed by atoms with Crippen molar-refractivity contribution in [3.05, 3.63) is 59.0 Å². The van der Waals surface area contributed by atoms with Gasteiger partial charge in [0.25, 0.3) is 5.91 Å². The molecule has 0 aliphatic heterocycles. The molecule has 0 aliphatic carbocycles. The van der Waals surface area contributed by atoms with Crippen LogP contribution in [0.15, 0.2) is 52.0 Å². The van der Waals surface area contributed by atoms with Crippen LogP contribution >= 0.6 is 0 Å². The van der Waals surface area contributed by atoms with E-state index in [1.807, 2.05) is 6.07 Å². The van der Waals surface area contributed by atoms with Crippen molar-refractivity contribution in [1.82, 2.24) is 24.8 Å². The molecule has 0 bridgehead atoms. The number of carbonyl (C=O) groups excluding carboxylic acids is 2. The predicted octanol–water partition coefficient (Wildman–Crippen LogP) is 0.415. The van der Waals surface area contributed by atoms with Crippen molar-refractivity contribution >= 4 is 17.5 Å². The van der Waals surface area contributed by atoms with Gasteiger partial charge < -0.3 is 15.1 Å². The third-order valence-electron chi connectivity index (χ3n) is 3.74. The van der Waals surface area contributed by atoms with Crippen molar-refractivity contribution < 1.29 is 14.0 Å². The molecule has 2 amide bonds. The number of fused-ring (bicyclic) bond motifs is 1. The van der Waals surface area contributed by atoms with Gasteiger partial charge in [0.2, 0.25) is 5.91 Å². The van der Waals surface area contributed by atoms with Gasteiger partial charge in [0.15, 0.2) is 11.4 Å². The van der Waals surface area contributed by atoms with Crippen molar-refractivity contribution in [3.8, 4) is 0 Å². The minimum Gasteiger partial charge on any atom is -0.459 e. The Labute approximate surface area is 148 Å². The van der Waals surface area contributed by atoms with Crippen LogP contribution in [0, 0.1) is 0 Å². The molecule has 0 fully saturated rings. The molecule has 3 aromatic rings. The number of carbonyl (C=O) groups is 2. The first-order valence-corrected chi connectivity index (χ1v) is 8.28. The maximum absolute atomic E-state index is 12.1. The third kappa shape index (κ3) is 4.18. The Kier molecular flexibility index (Phi) is 5.47. The predicted molar refractivity (Wildman–Crippen MR) is 92.7 cm³/mol. The lowest BCUT2D eigenvalue weighted by atomic mass is 10.3. The molecule has 0 aromatic carbocycles. The smallest absolute Gasteiger partial charge is 0.350 e. The first-order chi connectivity index (χ1) is 12.6. The van der Waals surface area contributed by atoms with Crippen LogP contribution in [0.2, 0.25) is 0 Å². The fourth-order valence-electron chi connectivity index (χ4n) is 2.44. The Balaban J connectivity index is 1.35. The lowest BCUT2D eigenvalue weighted by Gasteiger charge is -2.06. The first-order valence-electron chi connectivity index (χ1n) is 8.28. The highest BCUT2D eigenvalue weighted by Crippen LogP contribution is 1.99. The standard InChI is InChI=1S/C17H19N5O4/c23-15(7-9-19-16(24)13-5-3-12-26-13)18-8-4-11-22-17(25)21-10-2-1-6-14(21)20-22/h1-3,5-6,10,12H,4,7-9,11H2,(H,18,23)(H,19,24). The number of hydrogen-bond acceptors (Lipinski definition) is 5. The van der Waals surface area contributed by atoms with Gasteiger partial charge in [-0.3, -0.25) is 14.0 Å². The maximum atomic E-state index is 12.1. The molecule has 0 unspecified atom stereocenters. The third-order valence-corrected chi connectivity index (χ3v) is 3.74. The molecule has 2 N–H and O–H groups in total. The fraction of sp³-hybridized carbons (Fsp3) is 0.294. The summed E-state index contributed by atoms with van der Waals surface area (Å²) in [4.78, 5) is 35.5. The van der Waals surface area contributed by atoms with E-state index >= 15 is 0 Å². The number of aromatic nitrogens is 3. The number of furan rings is 1. The Morgan fingerprint density at radius 1 is 1.12 bits per heavy atom. The molecular weight excluding hydrogens is 338 g/mol. The average Bonchev–Trinajstić information content (AvgIpc) is 3.28.